The van der Waals surface area contributed by atoms with Crippen molar-refractivity contribution in [2.75, 3.05) is 38.3 Å². The molecule has 0 spiro atoms. The van der Waals surface area contributed by atoms with Crippen molar-refractivity contribution in [1.82, 2.24) is 15.5 Å². The number of anilines is 1. The highest BCUT2D eigenvalue weighted by Crippen LogP contribution is 2.32. The molecule has 0 radical (unpaired) electrons. The van der Waals surface area contributed by atoms with E-state index in [0.29, 0.717) is 69.7 Å². The molecule has 288 valence electrons. The molecule has 0 aliphatic carbocycles. The topological polar surface area (TPSA) is 144 Å². The van der Waals surface area contributed by atoms with E-state index in [-0.39, 0.29) is 36.8 Å². The number of nitrogens with one attached hydrogen (secondary N) is 2. The summed E-state index contributed by atoms with van der Waals surface area (Å²) in [6.45, 7) is 2.25. The summed E-state index contributed by atoms with van der Waals surface area (Å²) in [4.78, 5) is 66.7. The van der Waals surface area contributed by atoms with Gasteiger partial charge in [-0.25, -0.2) is 9.59 Å². The first-order valence-electron chi connectivity index (χ1n) is 19.1. The first-order valence-corrected chi connectivity index (χ1v) is 19.1. The second kappa shape index (κ2) is 20.7. The van der Waals surface area contributed by atoms with Crippen molar-refractivity contribution in [3.05, 3.63) is 95.6 Å². The number of carbonyl (C=O) groups excluding carboxylic acids is 5. The summed E-state index contributed by atoms with van der Waals surface area (Å²) in [5, 5.41) is 5.48. The smallest absolute Gasteiger partial charge is 0.407 e. The Morgan fingerprint density at radius 1 is 0.833 bits per heavy atom. The van der Waals surface area contributed by atoms with Crippen LogP contribution in [-0.4, -0.2) is 80.1 Å². The molecule has 3 aromatic carbocycles. The van der Waals surface area contributed by atoms with Crippen molar-refractivity contribution in [3.8, 4) is 5.75 Å². The fourth-order valence-electron chi connectivity index (χ4n) is 6.91. The van der Waals surface area contributed by atoms with Gasteiger partial charge in [0.05, 0.1) is 13.7 Å². The van der Waals surface area contributed by atoms with Crippen LogP contribution in [0.4, 0.5) is 10.5 Å². The SMILES string of the molecule is COC(=O)[C@H](CCCCNC(=O)OCc1ccccc1)NC(=O)CCCCCOc1ccc(C(=O)N2CCC(N3C(=O)CCc4ccccc43)CC2)cc1. The van der Waals surface area contributed by atoms with Crippen molar-refractivity contribution in [2.45, 2.75) is 89.3 Å². The van der Waals surface area contributed by atoms with E-state index in [1.165, 1.54) is 12.7 Å². The number of aryl methyl sites for hydroxylation is 1. The number of methoxy groups -OCH3 is 1. The van der Waals surface area contributed by atoms with Crippen LogP contribution in [0.2, 0.25) is 0 Å². The molecule has 2 aliphatic rings. The number of hydrogen-bond donors (Lipinski definition) is 2. The van der Waals surface area contributed by atoms with E-state index in [9.17, 15) is 24.0 Å². The van der Waals surface area contributed by atoms with Crippen molar-refractivity contribution >= 4 is 35.5 Å². The third-order valence-electron chi connectivity index (χ3n) is 9.89. The monoisotopic (exact) mass is 740 g/mol. The van der Waals surface area contributed by atoms with Gasteiger partial charge in [-0.2, -0.15) is 0 Å². The van der Waals surface area contributed by atoms with Crippen molar-refractivity contribution in [3.63, 3.8) is 0 Å². The molecule has 54 heavy (non-hydrogen) atoms. The molecule has 1 saturated heterocycles. The number of benzene rings is 3. The first kappa shape index (κ1) is 39.8. The molecule has 0 unspecified atom stereocenters. The summed E-state index contributed by atoms with van der Waals surface area (Å²) in [5.41, 5.74) is 3.73. The van der Waals surface area contributed by atoms with Gasteiger partial charge in [0.15, 0.2) is 0 Å². The molecule has 2 N–H and O–H groups in total. The zero-order valence-electron chi connectivity index (χ0n) is 31.1. The third kappa shape index (κ3) is 11.8. The molecular formula is C42H52N4O8. The fourth-order valence-corrected chi connectivity index (χ4v) is 6.91. The van der Waals surface area contributed by atoms with Crippen molar-refractivity contribution in [2.24, 2.45) is 0 Å². The zero-order valence-corrected chi connectivity index (χ0v) is 31.1. The lowest BCUT2D eigenvalue weighted by atomic mass is 9.95. The molecule has 0 aromatic heterocycles. The van der Waals surface area contributed by atoms with Gasteiger partial charge in [-0.1, -0.05) is 48.5 Å². The van der Waals surface area contributed by atoms with Crippen LogP contribution in [0.1, 0.15) is 85.7 Å². The molecule has 0 bridgehead atoms. The lowest BCUT2D eigenvalue weighted by Crippen LogP contribution is -2.50. The summed E-state index contributed by atoms with van der Waals surface area (Å²) in [7, 11) is 1.29. The van der Waals surface area contributed by atoms with Gasteiger partial charge in [0, 0.05) is 49.8 Å². The average Bonchev–Trinajstić information content (AvgIpc) is 3.21. The molecule has 1 atom stereocenters. The lowest BCUT2D eigenvalue weighted by molar-refractivity contribution is -0.145. The number of para-hydroxylation sites is 1. The highest BCUT2D eigenvalue weighted by Gasteiger charge is 2.33. The largest absolute Gasteiger partial charge is 0.494 e. The molecule has 3 aromatic rings. The van der Waals surface area contributed by atoms with Gasteiger partial charge < -0.3 is 34.6 Å². The number of rotatable bonds is 18. The Hall–Kier alpha value is -5.39. The number of alkyl carbamates (subject to hydrolysis) is 1. The van der Waals surface area contributed by atoms with Gasteiger partial charge in [-0.3, -0.25) is 14.4 Å². The summed E-state index contributed by atoms with van der Waals surface area (Å²) in [6, 6.07) is 24.0. The fraction of sp³-hybridized carbons (Fsp3) is 0.452. The van der Waals surface area contributed by atoms with Crippen LogP contribution >= 0.6 is 0 Å². The zero-order chi connectivity index (χ0) is 38.1. The molecule has 2 aliphatic heterocycles. The number of piperidine rings is 1. The van der Waals surface area contributed by atoms with Crippen LogP contribution in [-0.2, 0) is 36.9 Å². The molecule has 0 saturated carbocycles. The molecule has 5 rings (SSSR count). The van der Waals surface area contributed by atoms with Gasteiger partial charge in [-0.05, 0) is 99.2 Å². The quantitative estimate of drug-likeness (QED) is 0.120. The number of carbonyl (C=O) groups is 5. The molecule has 12 heteroatoms. The molecular weight excluding hydrogens is 688 g/mol. The van der Waals surface area contributed by atoms with E-state index >= 15 is 0 Å². The molecule has 12 nitrogen and oxygen atoms in total. The van der Waals surface area contributed by atoms with Crippen LogP contribution in [0.3, 0.4) is 0 Å². The third-order valence-corrected chi connectivity index (χ3v) is 9.89. The highest BCUT2D eigenvalue weighted by molar-refractivity contribution is 5.97. The number of nitrogens with zero attached hydrogens (tertiary/aromatic N) is 2. The Bertz CT molecular complexity index is 1690. The lowest BCUT2D eigenvalue weighted by Gasteiger charge is -2.41. The van der Waals surface area contributed by atoms with Crippen LogP contribution in [0.25, 0.3) is 0 Å². The van der Waals surface area contributed by atoms with E-state index in [0.717, 1.165) is 43.4 Å². The van der Waals surface area contributed by atoms with Gasteiger partial charge in [0.2, 0.25) is 11.8 Å². The Labute approximate surface area is 317 Å². The number of likely N-dealkylation sites (tertiary alicyclic amines) is 1. The number of esters is 1. The number of amides is 4. The summed E-state index contributed by atoms with van der Waals surface area (Å²) < 4.78 is 16.0. The van der Waals surface area contributed by atoms with Gasteiger partial charge in [0.25, 0.3) is 5.91 Å². The number of fused-ring (bicyclic) bond motifs is 1. The highest BCUT2D eigenvalue weighted by atomic mass is 16.5. The Morgan fingerprint density at radius 3 is 2.33 bits per heavy atom. The first-order chi connectivity index (χ1) is 26.3. The minimum atomic E-state index is -0.749. The van der Waals surface area contributed by atoms with E-state index < -0.39 is 18.1 Å². The van der Waals surface area contributed by atoms with Crippen LogP contribution in [0, 0.1) is 0 Å². The van der Waals surface area contributed by atoms with Gasteiger partial charge >= 0.3 is 12.1 Å². The number of hydrogen-bond acceptors (Lipinski definition) is 8. The van der Waals surface area contributed by atoms with Gasteiger partial charge in [0.1, 0.15) is 18.4 Å². The summed E-state index contributed by atoms with van der Waals surface area (Å²) in [6.07, 6.45) is 6.33. The van der Waals surface area contributed by atoms with Crippen LogP contribution in [0.15, 0.2) is 78.9 Å². The van der Waals surface area contributed by atoms with E-state index in [2.05, 4.69) is 16.7 Å². The van der Waals surface area contributed by atoms with Crippen LogP contribution in [0.5, 0.6) is 5.75 Å². The normalized spacial score (nSPS) is 14.8. The predicted octanol–water partition coefficient (Wildman–Crippen LogP) is 5.96. The molecule has 4 amide bonds. The second-order valence-electron chi connectivity index (χ2n) is 13.7. The minimum Gasteiger partial charge on any atom is -0.494 e. The average molecular weight is 741 g/mol. The van der Waals surface area contributed by atoms with Crippen molar-refractivity contribution < 1.29 is 38.2 Å². The Morgan fingerprint density at radius 2 is 1.57 bits per heavy atom. The maximum Gasteiger partial charge on any atom is 0.407 e. The Kier molecular flexibility index (Phi) is 15.3. The second-order valence-corrected chi connectivity index (χ2v) is 13.7. The molecule has 1 fully saturated rings. The van der Waals surface area contributed by atoms with Crippen LogP contribution < -0.4 is 20.3 Å². The predicted molar refractivity (Wildman–Crippen MR) is 204 cm³/mol. The van der Waals surface area contributed by atoms with E-state index in [4.69, 9.17) is 14.2 Å². The standard InChI is InChI=1S/C42H52N4O8/c1-52-41(50)36(15-9-10-26-43-42(51)54-30-31-12-4-2-5-13-31)44-38(47)17-6-3-11-29-53-35-21-18-33(19-22-35)40(49)45-27-24-34(25-28-45)46-37-16-8-7-14-32(37)20-23-39(46)48/h2,4-5,7-8,12-14,16,18-19,21-22,34,36H,3,6,9-11,15,17,20,23-30H2,1H3,(H,43,51)(H,44,47)/t36-/m0/s1. The minimum absolute atomic E-state index is 0.0214. The van der Waals surface area contributed by atoms with E-state index in [1.807, 2.05) is 58.3 Å². The maximum atomic E-state index is 13.3. The van der Waals surface area contributed by atoms with Gasteiger partial charge in [-0.15, -0.1) is 0 Å². The number of unbranched alkanes of at least 4 members (excludes halogenated alkanes) is 3. The molecule has 2 heterocycles. The Balaban J connectivity index is 0.924. The maximum absolute atomic E-state index is 13.3. The summed E-state index contributed by atoms with van der Waals surface area (Å²) in [5.74, 6) is 0.0979. The summed E-state index contributed by atoms with van der Waals surface area (Å²) >= 11 is 0. The number of ether oxygens (including phenoxy) is 3. The van der Waals surface area contributed by atoms with Crippen molar-refractivity contribution in [1.29, 1.82) is 0 Å². The van der Waals surface area contributed by atoms with E-state index in [1.54, 1.807) is 24.3 Å².